The quantitative estimate of drug-likeness (QED) is 0.378. The molecule has 162 valence electrons. The molecule has 0 aliphatic carbocycles. The first-order chi connectivity index (χ1) is 14.6. The van der Waals surface area contributed by atoms with Gasteiger partial charge in [0.2, 0.25) is 5.69 Å². The number of halogens is 4. The van der Waals surface area contributed by atoms with E-state index in [0.29, 0.717) is 6.07 Å². The fourth-order valence-electron chi connectivity index (χ4n) is 2.48. The fourth-order valence-corrected chi connectivity index (χ4v) is 2.48. The van der Waals surface area contributed by atoms with Crippen molar-refractivity contribution < 1.29 is 22.3 Å². The molecule has 1 heterocycles. The lowest BCUT2D eigenvalue weighted by Gasteiger charge is -2.15. The van der Waals surface area contributed by atoms with Crippen LogP contribution >= 0.6 is 0 Å². The molecule has 2 N–H and O–H groups in total. The van der Waals surface area contributed by atoms with Gasteiger partial charge in [0, 0.05) is 6.07 Å². The minimum absolute atomic E-state index is 0.0708. The van der Waals surface area contributed by atoms with Crippen LogP contribution in [0.25, 0.3) is 10.5 Å². The molecule has 0 aliphatic rings. The van der Waals surface area contributed by atoms with E-state index in [0.717, 1.165) is 6.07 Å². The van der Waals surface area contributed by atoms with Gasteiger partial charge in [0.25, 0.3) is 5.56 Å². The molecule has 0 radical (unpaired) electrons. The van der Waals surface area contributed by atoms with Crippen molar-refractivity contribution in [2.24, 2.45) is 0 Å². The Balaban J connectivity index is 0.00000166. The summed E-state index contributed by atoms with van der Waals surface area (Å²) in [5.41, 5.74) is -5.76. The first-order valence-electron chi connectivity index (χ1n) is 8.79. The summed E-state index contributed by atoms with van der Waals surface area (Å²) in [6.07, 6.45) is -5.07. The number of ether oxygens (including phenoxy) is 1. The number of nitrogens with two attached hydrogens (primary N) is 1. The average Bonchev–Trinajstić information content (AvgIpc) is 2.74. The summed E-state index contributed by atoms with van der Waals surface area (Å²) in [6, 6.07) is 9.67. The summed E-state index contributed by atoms with van der Waals surface area (Å²) in [5, 5.41) is 0. The highest BCUT2D eigenvalue weighted by Crippen LogP contribution is 2.35. The van der Waals surface area contributed by atoms with Crippen LogP contribution in [0.15, 0.2) is 58.1 Å². The molecular formula is C20H16F4N4O3. The Kier molecular flexibility index (Phi) is 6.86. The molecule has 0 aliphatic heterocycles. The van der Waals surface area contributed by atoms with Crippen LogP contribution in [-0.2, 0) is 6.18 Å². The van der Waals surface area contributed by atoms with E-state index < -0.39 is 34.6 Å². The largest absolute Gasteiger partial charge is 0.468 e. The molecular weight excluding hydrogens is 420 g/mol. The van der Waals surface area contributed by atoms with E-state index in [1.165, 1.54) is 12.1 Å². The number of hydrogen-bond donors (Lipinski definition) is 1. The van der Waals surface area contributed by atoms with Crippen LogP contribution < -0.4 is 21.8 Å². The molecule has 1 aromatic heterocycles. The Bertz CT molecular complexity index is 1240. The molecule has 0 spiro atoms. The molecule has 0 saturated carbocycles. The van der Waals surface area contributed by atoms with Crippen molar-refractivity contribution >= 4 is 5.69 Å². The Morgan fingerprint density at radius 2 is 1.68 bits per heavy atom. The van der Waals surface area contributed by atoms with E-state index in [-0.39, 0.29) is 32.5 Å². The topological polar surface area (TPSA) is 83.6 Å². The third kappa shape index (κ3) is 4.75. The molecule has 0 amide bonds. The van der Waals surface area contributed by atoms with Crippen molar-refractivity contribution in [2.45, 2.75) is 20.0 Å². The Morgan fingerprint density at radius 1 is 1.06 bits per heavy atom. The molecule has 3 rings (SSSR count). The van der Waals surface area contributed by atoms with Gasteiger partial charge in [-0.1, -0.05) is 32.0 Å². The lowest BCUT2D eigenvalue weighted by Crippen LogP contribution is -2.45. The van der Waals surface area contributed by atoms with E-state index in [1.807, 2.05) is 13.8 Å². The number of nitrogen functional groups attached to an aromatic ring is 1. The van der Waals surface area contributed by atoms with Crippen LogP contribution in [-0.4, -0.2) is 9.24 Å². The van der Waals surface area contributed by atoms with Gasteiger partial charge in [0.05, 0.1) is 12.3 Å². The maximum absolute atomic E-state index is 14.5. The summed E-state index contributed by atoms with van der Waals surface area (Å²) in [7, 11) is 0. The Hall–Kier alpha value is -4.07. The first kappa shape index (κ1) is 23.2. The first-order valence-corrected chi connectivity index (χ1v) is 8.79. The fraction of sp³-hybridized carbons (Fsp3) is 0.150. The van der Waals surface area contributed by atoms with Crippen LogP contribution in [0.5, 0.6) is 11.5 Å². The minimum Gasteiger partial charge on any atom is -0.468 e. The number of alkyl halides is 3. The van der Waals surface area contributed by atoms with Crippen LogP contribution in [0.4, 0.5) is 23.2 Å². The van der Waals surface area contributed by atoms with Crippen LogP contribution in [0.2, 0.25) is 0 Å². The Labute approximate surface area is 173 Å². The lowest BCUT2D eigenvalue weighted by atomic mass is 10.2. The van der Waals surface area contributed by atoms with Gasteiger partial charge >= 0.3 is 11.9 Å². The summed E-state index contributed by atoms with van der Waals surface area (Å²) >= 11 is 0. The average molecular weight is 436 g/mol. The highest BCUT2D eigenvalue weighted by molar-refractivity contribution is 5.63. The Morgan fingerprint density at radius 3 is 2.23 bits per heavy atom. The number of rotatable bonds is 3. The minimum atomic E-state index is -5.07. The number of benzene rings is 2. The predicted molar refractivity (Wildman–Crippen MR) is 106 cm³/mol. The highest BCUT2D eigenvalue weighted by Gasteiger charge is 2.36. The molecule has 0 unspecified atom stereocenters. The monoisotopic (exact) mass is 436 g/mol. The standard InChI is InChI=1S/C18H10F4N4O3.C2H6/c1-24-12-7-11(19)13(8-14(12)29-10-5-3-2-4-6-10)25-16(27)9-15(18(20,21)22)26(23)17(25)28;1-2/h2-9H,23H2;1-2H3. The zero-order valence-electron chi connectivity index (χ0n) is 16.3. The van der Waals surface area contributed by atoms with E-state index >= 15 is 0 Å². The second-order valence-corrected chi connectivity index (χ2v) is 5.65. The van der Waals surface area contributed by atoms with Gasteiger partial charge in [-0.25, -0.2) is 23.3 Å². The second-order valence-electron chi connectivity index (χ2n) is 5.65. The number of para-hydroxylation sites is 1. The van der Waals surface area contributed by atoms with Gasteiger partial charge in [0.15, 0.2) is 5.69 Å². The molecule has 0 fully saturated rings. The third-order valence-electron chi connectivity index (χ3n) is 3.79. The van der Waals surface area contributed by atoms with Crippen LogP contribution in [0.1, 0.15) is 19.5 Å². The van der Waals surface area contributed by atoms with Gasteiger partial charge in [-0.2, -0.15) is 13.2 Å². The molecule has 2 aromatic carbocycles. The molecule has 0 saturated heterocycles. The SMILES string of the molecule is CC.[C-]#[N+]c1cc(F)c(-n2c(=O)cc(C(F)(F)F)n(N)c2=O)cc1Oc1ccccc1. The van der Waals surface area contributed by atoms with Crippen molar-refractivity contribution in [2.75, 3.05) is 5.84 Å². The van der Waals surface area contributed by atoms with Gasteiger partial charge < -0.3 is 10.6 Å². The van der Waals surface area contributed by atoms with Crippen molar-refractivity contribution in [3.63, 3.8) is 0 Å². The van der Waals surface area contributed by atoms with Crippen molar-refractivity contribution in [3.8, 4) is 17.2 Å². The van der Waals surface area contributed by atoms with E-state index in [4.69, 9.17) is 17.2 Å². The summed E-state index contributed by atoms with van der Waals surface area (Å²) < 4.78 is 58.5. The summed E-state index contributed by atoms with van der Waals surface area (Å²) in [6.45, 7) is 11.1. The van der Waals surface area contributed by atoms with Crippen LogP contribution in [0.3, 0.4) is 0 Å². The summed E-state index contributed by atoms with van der Waals surface area (Å²) in [5.74, 6) is 4.03. The molecule has 31 heavy (non-hydrogen) atoms. The van der Waals surface area contributed by atoms with Gasteiger partial charge in [0.1, 0.15) is 17.3 Å². The number of hydrogen-bond acceptors (Lipinski definition) is 4. The van der Waals surface area contributed by atoms with Crippen molar-refractivity contribution in [1.29, 1.82) is 0 Å². The maximum atomic E-state index is 14.5. The van der Waals surface area contributed by atoms with Gasteiger partial charge in [-0.3, -0.25) is 4.79 Å². The molecule has 0 atom stereocenters. The molecule has 7 nitrogen and oxygen atoms in total. The number of aromatic nitrogens is 2. The maximum Gasteiger partial charge on any atom is 0.433 e. The smallest absolute Gasteiger partial charge is 0.433 e. The zero-order chi connectivity index (χ0) is 23.3. The van der Waals surface area contributed by atoms with Gasteiger partial charge in [-0.05, 0) is 24.3 Å². The van der Waals surface area contributed by atoms with E-state index in [9.17, 15) is 27.2 Å². The zero-order valence-corrected chi connectivity index (χ0v) is 16.3. The van der Waals surface area contributed by atoms with Crippen molar-refractivity contribution in [1.82, 2.24) is 9.24 Å². The molecule has 11 heteroatoms. The lowest BCUT2D eigenvalue weighted by molar-refractivity contribution is -0.143. The third-order valence-corrected chi connectivity index (χ3v) is 3.79. The summed E-state index contributed by atoms with van der Waals surface area (Å²) in [4.78, 5) is 27.5. The predicted octanol–water partition coefficient (Wildman–Crippen LogP) is 4.24. The second kappa shape index (κ2) is 9.17. The van der Waals surface area contributed by atoms with Crippen molar-refractivity contribution in [3.05, 3.63) is 92.3 Å². The van der Waals surface area contributed by atoms with Crippen LogP contribution in [0, 0.1) is 12.4 Å². The van der Waals surface area contributed by atoms with Gasteiger partial charge in [-0.15, -0.1) is 0 Å². The number of nitrogens with zero attached hydrogens (tertiary/aromatic N) is 3. The molecule has 3 aromatic rings. The molecule has 0 bridgehead atoms. The van der Waals surface area contributed by atoms with E-state index in [2.05, 4.69) is 4.85 Å². The highest BCUT2D eigenvalue weighted by atomic mass is 19.4. The van der Waals surface area contributed by atoms with E-state index in [1.54, 1.807) is 18.2 Å². The normalized spacial score (nSPS) is 10.6.